The van der Waals surface area contributed by atoms with Crippen LogP contribution >= 0.6 is 11.3 Å². The zero-order valence-electron chi connectivity index (χ0n) is 17.0. The molecule has 1 aromatic carbocycles. The van der Waals surface area contributed by atoms with E-state index in [1.807, 2.05) is 30.3 Å². The zero-order valence-corrected chi connectivity index (χ0v) is 17.8. The largest absolute Gasteiger partial charge is 0.391 e. The highest BCUT2D eigenvalue weighted by Crippen LogP contribution is 2.25. The van der Waals surface area contributed by atoms with Gasteiger partial charge in [0.2, 0.25) is 0 Å². The molecule has 0 fully saturated rings. The van der Waals surface area contributed by atoms with Crippen LogP contribution in [0.5, 0.6) is 0 Å². The predicted molar refractivity (Wildman–Crippen MR) is 121 cm³/mol. The molecule has 0 saturated heterocycles. The Morgan fingerprint density at radius 3 is 2.44 bits per heavy atom. The van der Waals surface area contributed by atoms with E-state index < -0.39 is 24.0 Å². The minimum Gasteiger partial charge on any atom is -0.391 e. The number of aromatic nitrogens is 1. The van der Waals surface area contributed by atoms with Gasteiger partial charge in [0.15, 0.2) is 0 Å². The Kier molecular flexibility index (Phi) is 7.74. The summed E-state index contributed by atoms with van der Waals surface area (Å²) in [6.45, 7) is 1.33. The van der Waals surface area contributed by atoms with Crippen molar-refractivity contribution < 1.29 is 19.9 Å². The van der Waals surface area contributed by atoms with Crippen molar-refractivity contribution in [2.75, 3.05) is 0 Å². The first-order chi connectivity index (χ1) is 15.5. The van der Waals surface area contributed by atoms with Crippen molar-refractivity contribution in [3.63, 3.8) is 0 Å². The van der Waals surface area contributed by atoms with Gasteiger partial charge in [0, 0.05) is 17.3 Å². The van der Waals surface area contributed by atoms with Crippen LogP contribution in [0.25, 0.3) is 10.6 Å². The van der Waals surface area contributed by atoms with Crippen LogP contribution < -0.4 is 10.8 Å². The van der Waals surface area contributed by atoms with Crippen molar-refractivity contribution >= 4 is 23.2 Å². The number of pyridine rings is 1. The van der Waals surface area contributed by atoms with E-state index in [9.17, 15) is 14.7 Å². The van der Waals surface area contributed by atoms with Crippen LogP contribution in [0.3, 0.4) is 0 Å². The van der Waals surface area contributed by atoms with E-state index in [-0.39, 0.29) is 5.56 Å². The first-order valence-corrected chi connectivity index (χ1v) is 10.4. The van der Waals surface area contributed by atoms with Gasteiger partial charge in [0.25, 0.3) is 11.8 Å². The van der Waals surface area contributed by atoms with Crippen LogP contribution in [-0.2, 0) is 4.79 Å². The maximum atomic E-state index is 12.3. The van der Waals surface area contributed by atoms with Gasteiger partial charge in [-0.25, -0.2) is 5.48 Å². The van der Waals surface area contributed by atoms with Gasteiger partial charge < -0.3 is 10.4 Å². The molecule has 0 saturated carbocycles. The number of hydrogen-bond donors (Lipinski definition) is 4. The van der Waals surface area contributed by atoms with Crippen molar-refractivity contribution in [2.24, 2.45) is 0 Å². The minimum absolute atomic E-state index is 0.277. The molecule has 2 heterocycles. The summed E-state index contributed by atoms with van der Waals surface area (Å²) < 4.78 is 0. The van der Waals surface area contributed by atoms with E-state index >= 15 is 0 Å². The first-order valence-electron chi connectivity index (χ1n) is 9.54. The SMILES string of the molecule is C[C@H](O)[C@H](NC(=O)c1ccc(C#CC#Cc2ccc(-c3ccccn3)s2)cc1)C(=O)NO. The number of hydroxylamine groups is 1. The minimum atomic E-state index is -1.28. The van der Waals surface area contributed by atoms with Crippen molar-refractivity contribution in [1.82, 2.24) is 15.8 Å². The lowest BCUT2D eigenvalue weighted by molar-refractivity contribution is -0.133. The molecule has 0 aliphatic rings. The van der Waals surface area contributed by atoms with Crippen LogP contribution in [0.2, 0.25) is 0 Å². The first kappa shape index (κ1) is 22.7. The second kappa shape index (κ2) is 10.9. The molecule has 160 valence electrons. The number of carbonyl (C=O) groups excluding carboxylic acids is 2. The molecule has 2 amide bonds. The number of nitrogens with zero attached hydrogens (tertiary/aromatic N) is 1. The summed E-state index contributed by atoms with van der Waals surface area (Å²) in [7, 11) is 0. The summed E-state index contributed by atoms with van der Waals surface area (Å²) in [6.07, 6.45) is 0.566. The van der Waals surface area contributed by atoms with E-state index in [1.54, 1.807) is 30.5 Å². The average molecular weight is 446 g/mol. The summed E-state index contributed by atoms with van der Waals surface area (Å²) in [6, 6.07) is 14.8. The lowest BCUT2D eigenvalue weighted by atomic mass is 10.1. The number of nitrogens with one attached hydrogen (secondary N) is 2. The standard InChI is InChI=1S/C24H19N3O4S/c1-16(28)22(24(30)27-31)26-23(29)18-11-9-17(10-12-18)6-2-3-7-19-13-14-21(32-19)20-8-4-5-15-25-20/h4-5,8-16,22,28,31H,1H3,(H,26,29)(H,27,30)/t16-,22-/m0/s1. The summed E-state index contributed by atoms with van der Waals surface area (Å²) in [5.41, 5.74) is 3.26. The fourth-order valence-electron chi connectivity index (χ4n) is 2.65. The summed E-state index contributed by atoms with van der Waals surface area (Å²) in [5, 5.41) is 20.7. The van der Waals surface area contributed by atoms with Crippen LogP contribution in [0.15, 0.2) is 60.8 Å². The molecule has 32 heavy (non-hydrogen) atoms. The van der Waals surface area contributed by atoms with Gasteiger partial charge in [0.05, 0.1) is 21.6 Å². The number of carbonyl (C=O) groups is 2. The molecule has 0 unspecified atom stereocenters. The van der Waals surface area contributed by atoms with Gasteiger partial charge >= 0.3 is 0 Å². The molecular formula is C24H19N3O4S. The number of benzene rings is 1. The number of aliphatic hydroxyl groups excluding tert-OH is 1. The van der Waals surface area contributed by atoms with Crippen molar-refractivity contribution in [3.05, 3.63) is 76.8 Å². The number of hydrogen-bond acceptors (Lipinski definition) is 6. The fourth-order valence-corrected chi connectivity index (χ4v) is 3.49. The van der Waals surface area contributed by atoms with Gasteiger partial charge in [-0.1, -0.05) is 12.0 Å². The summed E-state index contributed by atoms with van der Waals surface area (Å²) in [5.74, 6) is 10.0. The Hall–Kier alpha value is -3.95. The molecule has 0 aliphatic heterocycles. The Labute approximate surface area is 189 Å². The Morgan fingerprint density at radius 2 is 1.78 bits per heavy atom. The third-order valence-electron chi connectivity index (χ3n) is 4.29. The van der Waals surface area contributed by atoms with E-state index in [0.29, 0.717) is 5.56 Å². The summed E-state index contributed by atoms with van der Waals surface area (Å²) >= 11 is 1.54. The molecule has 0 spiro atoms. The van der Waals surface area contributed by atoms with Gasteiger partial charge in [0.1, 0.15) is 6.04 Å². The molecule has 2 atom stereocenters. The topological polar surface area (TPSA) is 112 Å². The monoisotopic (exact) mass is 445 g/mol. The van der Waals surface area contributed by atoms with Crippen molar-refractivity contribution in [2.45, 2.75) is 19.1 Å². The number of thiophene rings is 1. The van der Waals surface area contributed by atoms with E-state index in [2.05, 4.69) is 34.0 Å². The highest BCUT2D eigenvalue weighted by Gasteiger charge is 2.25. The molecular weight excluding hydrogens is 426 g/mol. The second-order valence-corrected chi connectivity index (χ2v) is 7.71. The Bertz CT molecular complexity index is 1210. The van der Waals surface area contributed by atoms with Crippen LogP contribution in [0.1, 0.15) is 27.7 Å². The maximum Gasteiger partial charge on any atom is 0.268 e. The van der Waals surface area contributed by atoms with E-state index in [0.717, 1.165) is 15.4 Å². The molecule has 3 aromatic rings. The van der Waals surface area contributed by atoms with Crippen molar-refractivity contribution in [1.29, 1.82) is 0 Å². The Balaban J connectivity index is 1.62. The molecule has 0 radical (unpaired) electrons. The highest BCUT2D eigenvalue weighted by molar-refractivity contribution is 7.16. The summed E-state index contributed by atoms with van der Waals surface area (Å²) in [4.78, 5) is 30.0. The smallest absolute Gasteiger partial charge is 0.268 e. The molecule has 0 bridgehead atoms. The van der Waals surface area contributed by atoms with Gasteiger partial charge in [-0.05, 0) is 73.2 Å². The Morgan fingerprint density at radius 1 is 1.03 bits per heavy atom. The molecule has 2 aromatic heterocycles. The van der Waals surface area contributed by atoms with Gasteiger partial charge in [-0.15, -0.1) is 11.3 Å². The lowest BCUT2D eigenvalue weighted by Gasteiger charge is -2.19. The maximum absolute atomic E-state index is 12.3. The van der Waals surface area contributed by atoms with Crippen LogP contribution in [0, 0.1) is 23.7 Å². The number of aliphatic hydroxyl groups is 1. The molecule has 8 heteroatoms. The quantitative estimate of drug-likeness (QED) is 0.273. The zero-order chi connectivity index (χ0) is 22.9. The molecule has 7 nitrogen and oxygen atoms in total. The van der Waals surface area contributed by atoms with E-state index in [1.165, 1.54) is 23.7 Å². The normalized spacial score (nSPS) is 11.7. The predicted octanol–water partition coefficient (Wildman–Crippen LogP) is 2.20. The highest BCUT2D eigenvalue weighted by atomic mass is 32.1. The van der Waals surface area contributed by atoms with Crippen LogP contribution in [0.4, 0.5) is 0 Å². The van der Waals surface area contributed by atoms with Gasteiger partial charge in [-0.3, -0.25) is 19.8 Å². The third kappa shape index (κ3) is 6.03. The lowest BCUT2D eigenvalue weighted by Crippen LogP contribution is -2.51. The molecule has 3 rings (SSSR count). The number of amides is 2. The third-order valence-corrected chi connectivity index (χ3v) is 5.31. The average Bonchev–Trinajstić information content (AvgIpc) is 3.29. The molecule has 0 aliphatic carbocycles. The number of rotatable bonds is 5. The van der Waals surface area contributed by atoms with Crippen LogP contribution in [-0.4, -0.2) is 39.3 Å². The fraction of sp³-hybridized carbons (Fsp3) is 0.125. The van der Waals surface area contributed by atoms with Crippen molar-refractivity contribution in [3.8, 4) is 34.3 Å². The molecule has 4 N–H and O–H groups in total. The van der Waals surface area contributed by atoms with Gasteiger partial charge in [-0.2, -0.15) is 0 Å². The second-order valence-electron chi connectivity index (χ2n) is 6.62. The van der Waals surface area contributed by atoms with E-state index in [4.69, 9.17) is 5.21 Å².